The number of alkyl halides is 1. The third kappa shape index (κ3) is 4.14. The van der Waals surface area contributed by atoms with E-state index in [1.54, 1.807) is 12.1 Å². The summed E-state index contributed by atoms with van der Waals surface area (Å²) in [5.74, 6) is -0.267. The second-order valence-electron chi connectivity index (χ2n) is 3.43. The van der Waals surface area contributed by atoms with Crippen molar-refractivity contribution < 1.29 is 14.5 Å². The number of ether oxygens (including phenoxy) is 1. The molecule has 0 amide bonds. The number of non-ortho nitro benzene ring substituents is 1. The molecule has 6 heteroatoms. The van der Waals surface area contributed by atoms with Crippen LogP contribution in [0.25, 0.3) is 0 Å². The number of rotatable bonds is 5. The van der Waals surface area contributed by atoms with E-state index in [1.165, 1.54) is 19.2 Å². The minimum absolute atomic E-state index is 0.0117. The zero-order chi connectivity index (χ0) is 12.8. The predicted octanol–water partition coefficient (Wildman–Crippen LogP) is 2.98. The van der Waals surface area contributed by atoms with E-state index in [2.05, 4.69) is 20.7 Å². The summed E-state index contributed by atoms with van der Waals surface area (Å²) in [6.45, 7) is 0. The molecule has 0 spiro atoms. The Kier molecular flexibility index (Phi) is 5.09. The number of nitro groups is 1. The van der Waals surface area contributed by atoms with Crippen molar-refractivity contribution in [2.24, 2.45) is 0 Å². The molecule has 5 nitrogen and oxygen atoms in total. The van der Waals surface area contributed by atoms with E-state index in [0.29, 0.717) is 12.8 Å². The van der Waals surface area contributed by atoms with Gasteiger partial charge in [-0.1, -0.05) is 28.1 Å². The van der Waals surface area contributed by atoms with Crippen molar-refractivity contribution in [1.29, 1.82) is 0 Å². The molecule has 1 unspecified atom stereocenters. The molecule has 1 aromatic rings. The van der Waals surface area contributed by atoms with Crippen molar-refractivity contribution in [3.05, 3.63) is 39.9 Å². The number of halogens is 1. The van der Waals surface area contributed by atoms with Crippen molar-refractivity contribution in [1.82, 2.24) is 0 Å². The van der Waals surface area contributed by atoms with Crippen LogP contribution in [0.1, 0.15) is 23.2 Å². The molecule has 0 aliphatic heterocycles. The molecule has 17 heavy (non-hydrogen) atoms. The van der Waals surface area contributed by atoms with E-state index in [0.717, 1.165) is 5.56 Å². The van der Waals surface area contributed by atoms with Crippen molar-refractivity contribution in [3.8, 4) is 0 Å². The first-order chi connectivity index (χ1) is 8.04. The maximum Gasteiger partial charge on any atom is 0.305 e. The van der Waals surface area contributed by atoms with E-state index in [4.69, 9.17) is 0 Å². The molecule has 1 aromatic carbocycles. The highest BCUT2D eigenvalue weighted by Crippen LogP contribution is 2.29. The van der Waals surface area contributed by atoms with Crippen LogP contribution in [-0.4, -0.2) is 18.0 Å². The fourth-order valence-electron chi connectivity index (χ4n) is 1.32. The van der Waals surface area contributed by atoms with Crippen LogP contribution < -0.4 is 0 Å². The molecule has 0 fully saturated rings. The first kappa shape index (κ1) is 13.6. The first-order valence-electron chi connectivity index (χ1n) is 5.00. The van der Waals surface area contributed by atoms with Gasteiger partial charge in [0.1, 0.15) is 0 Å². The van der Waals surface area contributed by atoms with Crippen LogP contribution in [0.2, 0.25) is 0 Å². The van der Waals surface area contributed by atoms with E-state index in [-0.39, 0.29) is 16.5 Å². The van der Waals surface area contributed by atoms with Crippen molar-refractivity contribution >= 4 is 27.6 Å². The van der Waals surface area contributed by atoms with Gasteiger partial charge >= 0.3 is 5.97 Å². The Labute approximate surface area is 107 Å². The number of nitrogens with zero attached hydrogens (tertiary/aromatic N) is 1. The number of hydrogen-bond donors (Lipinski definition) is 0. The van der Waals surface area contributed by atoms with Crippen molar-refractivity contribution in [3.63, 3.8) is 0 Å². The number of carbonyl (C=O) groups excluding carboxylic acids is 1. The van der Waals surface area contributed by atoms with E-state index in [1.807, 2.05) is 0 Å². The highest BCUT2D eigenvalue weighted by Gasteiger charge is 2.12. The van der Waals surface area contributed by atoms with E-state index < -0.39 is 4.92 Å². The fraction of sp³-hybridized carbons (Fsp3) is 0.364. The van der Waals surface area contributed by atoms with Crippen LogP contribution in [0.15, 0.2) is 24.3 Å². The maximum atomic E-state index is 11.0. The topological polar surface area (TPSA) is 69.4 Å². The highest BCUT2D eigenvalue weighted by molar-refractivity contribution is 9.09. The molecule has 92 valence electrons. The molecule has 0 saturated heterocycles. The summed E-state index contributed by atoms with van der Waals surface area (Å²) < 4.78 is 4.54. The summed E-state index contributed by atoms with van der Waals surface area (Å²) in [6.07, 6.45) is 0.897. The Morgan fingerprint density at radius 1 is 1.47 bits per heavy atom. The van der Waals surface area contributed by atoms with Gasteiger partial charge in [0, 0.05) is 23.4 Å². The van der Waals surface area contributed by atoms with Gasteiger partial charge in [-0.15, -0.1) is 0 Å². The number of benzene rings is 1. The molecule has 1 atom stereocenters. The lowest BCUT2D eigenvalue weighted by molar-refractivity contribution is -0.384. The molecule has 0 heterocycles. The van der Waals surface area contributed by atoms with Crippen molar-refractivity contribution in [2.75, 3.05) is 7.11 Å². The monoisotopic (exact) mass is 301 g/mol. The van der Waals surface area contributed by atoms with Crippen LogP contribution in [0, 0.1) is 10.1 Å². The van der Waals surface area contributed by atoms with Gasteiger partial charge in [-0.2, -0.15) is 0 Å². The molecular weight excluding hydrogens is 290 g/mol. The number of esters is 1. The molecule has 0 N–H and O–H groups in total. The predicted molar refractivity (Wildman–Crippen MR) is 66.0 cm³/mol. The lowest BCUT2D eigenvalue weighted by Crippen LogP contribution is -2.02. The molecule has 1 rings (SSSR count). The molecule has 0 saturated carbocycles. The summed E-state index contributed by atoms with van der Waals surface area (Å²) in [7, 11) is 1.34. The SMILES string of the molecule is COC(=O)CCC(Br)c1ccc([N+](=O)[O-])cc1. The Bertz CT molecular complexity index is 404. The normalized spacial score (nSPS) is 11.9. The van der Waals surface area contributed by atoms with Gasteiger partial charge in [0.2, 0.25) is 0 Å². The second kappa shape index (κ2) is 6.34. The van der Waals surface area contributed by atoms with Crippen molar-refractivity contribution in [2.45, 2.75) is 17.7 Å². The zero-order valence-electron chi connectivity index (χ0n) is 9.26. The number of carbonyl (C=O) groups is 1. The molecule has 0 aliphatic rings. The Balaban J connectivity index is 2.60. The largest absolute Gasteiger partial charge is 0.469 e. The Morgan fingerprint density at radius 3 is 2.53 bits per heavy atom. The minimum atomic E-state index is -0.443. The van der Waals surface area contributed by atoms with E-state index >= 15 is 0 Å². The third-order valence-corrected chi connectivity index (χ3v) is 3.28. The average Bonchev–Trinajstić information content (AvgIpc) is 2.35. The summed E-state index contributed by atoms with van der Waals surface area (Å²) in [4.78, 5) is 21.0. The van der Waals surface area contributed by atoms with Crippen LogP contribution in [0.4, 0.5) is 5.69 Å². The molecular formula is C11H12BrNO4. The quantitative estimate of drug-likeness (QED) is 0.363. The lowest BCUT2D eigenvalue weighted by Gasteiger charge is -2.08. The van der Waals surface area contributed by atoms with Gasteiger partial charge in [-0.25, -0.2) is 0 Å². The summed E-state index contributed by atoms with van der Waals surface area (Å²) in [5.41, 5.74) is 0.959. The van der Waals surface area contributed by atoms with Gasteiger partial charge in [-0.3, -0.25) is 14.9 Å². The van der Waals surface area contributed by atoms with Crippen LogP contribution >= 0.6 is 15.9 Å². The highest BCUT2D eigenvalue weighted by atomic mass is 79.9. The van der Waals surface area contributed by atoms with Gasteiger partial charge in [-0.05, 0) is 12.0 Å². The molecule has 0 aromatic heterocycles. The number of nitro benzene ring substituents is 1. The fourth-order valence-corrected chi connectivity index (χ4v) is 1.85. The number of methoxy groups -OCH3 is 1. The van der Waals surface area contributed by atoms with Gasteiger partial charge in [0.05, 0.1) is 12.0 Å². The Morgan fingerprint density at radius 2 is 2.06 bits per heavy atom. The smallest absolute Gasteiger partial charge is 0.305 e. The second-order valence-corrected chi connectivity index (χ2v) is 4.54. The van der Waals surface area contributed by atoms with Crippen LogP contribution in [-0.2, 0) is 9.53 Å². The van der Waals surface area contributed by atoms with Gasteiger partial charge < -0.3 is 4.74 Å². The minimum Gasteiger partial charge on any atom is -0.469 e. The number of hydrogen-bond acceptors (Lipinski definition) is 4. The van der Waals surface area contributed by atoms with E-state index in [9.17, 15) is 14.9 Å². The molecule has 0 aliphatic carbocycles. The van der Waals surface area contributed by atoms with Gasteiger partial charge in [0.25, 0.3) is 5.69 Å². The Hall–Kier alpha value is -1.43. The van der Waals surface area contributed by atoms with Crippen LogP contribution in [0.3, 0.4) is 0 Å². The average molecular weight is 302 g/mol. The zero-order valence-corrected chi connectivity index (χ0v) is 10.8. The standard InChI is InChI=1S/C11H12BrNO4/c1-17-11(14)7-6-10(12)8-2-4-9(5-3-8)13(15)16/h2-5,10H,6-7H2,1H3. The molecule has 0 bridgehead atoms. The summed E-state index contributed by atoms with van der Waals surface area (Å²) in [6, 6.07) is 6.24. The first-order valence-corrected chi connectivity index (χ1v) is 5.91. The molecule has 0 radical (unpaired) electrons. The maximum absolute atomic E-state index is 11.0. The van der Waals surface area contributed by atoms with Crippen LogP contribution in [0.5, 0.6) is 0 Å². The lowest BCUT2D eigenvalue weighted by atomic mass is 10.1. The third-order valence-electron chi connectivity index (χ3n) is 2.30. The summed E-state index contributed by atoms with van der Waals surface area (Å²) >= 11 is 3.43. The summed E-state index contributed by atoms with van der Waals surface area (Å²) in [5, 5.41) is 10.5. The van der Waals surface area contributed by atoms with Gasteiger partial charge in [0.15, 0.2) is 0 Å².